The number of carbonyl (C=O) groups is 2. The molecule has 3 heterocycles. The summed E-state index contributed by atoms with van der Waals surface area (Å²) in [6.07, 6.45) is 5.73. The fourth-order valence-electron chi connectivity index (χ4n) is 3.42. The molecule has 23 heavy (non-hydrogen) atoms. The largest absolute Gasteiger partial charge is 0.341 e. The van der Waals surface area contributed by atoms with Gasteiger partial charge in [0.25, 0.3) is 0 Å². The smallest absolute Gasteiger partial charge is 0.239 e. The van der Waals surface area contributed by atoms with Gasteiger partial charge in [-0.2, -0.15) is 0 Å². The van der Waals surface area contributed by atoms with E-state index in [0.717, 1.165) is 45.3 Å². The van der Waals surface area contributed by atoms with Crippen molar-refractivity contribution in [2.75, 3.05) is 31.5 Å². The maximum Gasteiger partial charge on any atom is 0.239 e. The monoisotopic (exact) mass is 336 g/mol. The summed E-state index contributed by atoms with van der Waals surface area (Å²) in [5, 5.41) is 5.38. The quantitative estimate of drug-likeness (QED) is 0.911. The van der Waals surface area contributed by atoms with Gasteiger partial charge in [0, 0.05) is 31.2 Å². The Morgan fingerprint density at radius 3 is 2.78 bits per heavy atom. The van der Waals surface area contributed by atoms with Crippen molar-refractivity contribution >= 4 is 28.3 Å². The Kier molecular flexibility index (Phi) is 5.27. The molecule has 126 valence electrons. The number of amides is 2. The topological polar surface area (TPSA) is 65.5 Å². The molecule has 2 aliphatic heterocycles. The predicted octanol–water partition coefficient (Wildman–Crippen LogP) is 1.80. The van der Waals surface area contributed by atoms with Crippen molar-refractivity contribution in [3.8, 4) is 0 Å². The number of rotatable bonds is 4. The fourth-order valence-corrected chi connectivity index (χ4v) is 3.95. The highest BCUT2D eigenvalue weighted by atomic mass is 32.1. The lowest BCUT2D eigenvalue weighted by Crippen LogP contribution is -2.51. The molecule has 1 N–H and O–H groups in total. The van der Waals surface area contributed by atoms with E-state index in [4.69, 9.17) is 0 Å². The number of carbonyl (C=O) groups excluding carboxylic acids is 2. The lowest BCUT2D eigenvalue weighted by molar-refractivity contribution is -0.137. The Morgan fingerprint density at radius 1 is 1.30 bits per heavy atom. The number of nitrogens with one attached hydrogen (secondary N) is 1. The van der Waals surface area contributed by atoms with E-state index >= 15 is 0 Å². The Hall–Kier alpha value is -1.47. The second-order valence-electron chi connectivity index (χ2n) is 6.37. The van der Waals surface area contributed by atoms with Gasteiger partial charge in [0.15, 0.2) is 5.13 Å². The molecule has 0 saturated carbocycles. The molecule has 1 aromatic heterocycles. The van der Waals surface area contributed by atoms with Gasteiger partial charge in [0.05, 0.1) is 12.0 Å². The van der Waals surface area contributed by atoms with Gasteiger partial charge in [-0.05, 0) is 39.2 Å². The van der Waals surface area contributed by atoms with E-state index in [1.807, 2.05) is 17.2 Å². The third-order valence-corrected chi connectivity index (χ3v) is 5.50. The molecule has 0 spiro atoms. The lowest BCUT2D eigenvalue weighted by Gasteiger charge is -2.36. The lowest BCUT2D eigenvalue weighted by atomic mass is 9.96. The minimum absolute atomic E-state index is 0.0190. The van der Waals surface area contributed by atoms with Crippen LogP contribution >= 0.6 is 11.3 Å². The summed E-state index contributed by atoms with van der Waals surface area (Å²) in [7, 11) is 0. The number of piperidine rings is 1. The SMILES string of the molecule is C[C@H](C(=O)N1CCCC1)N1CCC[C@H](C(=O)Nc2nccs2)C1. The zero-order chi connectivity index (χ0) is 16.2. The van der Waals surface area contributed by atoms with Gasteiger partial charge in [-0.15, -0.1) is 11.3 Å². The molecule has 0 bridgehead atoms. The molecule has 3 rings (SSSR count). The van der Waals surface area contributed by atoms with Crippen LogP contribution in [0.4, 0.5) is 5.13 Å². The Labute approximate surface area is 140 Å². The molecule has 0 aromatic carbocycles. The maximum atomic E-state index is 12.6. The minimum atomic E-state index is -0.136. The van der Waals surface area contributed by atoms with Crippen molar-refractivity contribution in [2.45, 2.75) is 38.6 Å². The van der Waals surface area contributed by atoms with Crippen LogP contribution in [0.2, 0.25) is 0 Å². The fraction of sp³-hybridized carbons (Fsp3) is 0.688. The zero-order valence-corrected chi connectivity index (χ0v) is 14.3. The number of aromatic nitrogens is 1. The molecule has 2 aliphatic rings. The van der Waals surface area contributed by atoms with Gasteiger partial charge in [-0.1, -0.05) is 0 Å². The molecule has 0 radical (unpaired) electrons. The molecule has 0 unspecified atom stereocenters. The zero-order valence-electron chi connectivity index (χ0n) is 13.5. The van der Waals surface area contributed by atoms with Crippen molar-refractivity contribution in [1.29, 1.82) is 0 Å². The second-order valence-corrected chi connectivity index (χ2v) is 7.26. The Balaban J connectivity index is 1.56. The third kappa shape index (κ3) is 3.90. The average molecular weight is 336 g/mol. The third-order valence-electron chi connectivity index (χ3n) is 4.81. The van der Waals surface area contributed by atoms with Gasteiger partial charge >= 0.3 is 0 Å². The predicted molar refractivity (Wildman–Crippen MR) is 90.3 cm³/mol. The van der Waals surface area contributed by atoms with Crippen LogP contribution in [-0.4, -0.2) is 58.8 Å². The molecular formula is C16H24N4O2S. The van der Waals surface area contributed by atoms with Crippen molar-refractivity contribution in [3.05, 3.63) is 11.6 Å². The molecular weight excluding hydrogens is 312 g/mol. The molecule has 2 atom stereocenters. The first-order valence-electron chi connectivity index (χ1n) is 8.38. The van der Waals surface area contributed by atoms with Crippen molar-refractivity contribution in [1.82, 2.24) is 14.8 Å². The summed E-state index contributed by atoms with van der Waals surface area (Å²) in [6.45, 7) is 5.28. The van der Waals surface area contributed by atoms with E-state index in [-0.39, 0.29) is 23.8 Å². The number of anilines is 1. The summed E-state index contributed by atoms with van der Waals surface area (Å²) >= 11 is 1.43. The normalized spacial score (nSPS) is 23.7. The molecule has 2 fully saturated rings. The van der Waals surface area contributed by atoms with E-state index in [0.29, 0.717) is 11.7 Å². The molecule has 0 aliphatic carbocycles. The summed E-state index contributed by atoms with van der Waals surface area (Å²) < 4.78 is 0. The van der Waals surface area contributed by atoms with E-state index in [9.17, 15) is 9.59 Å². The van der Waals surface area contributed by atoms with Gasteiger partial charge < -0.3 is 10.2 Å². The van der Waals surface area contributed by atoms with Crippen LogP contribution in [0.3, 0.4) is 0 Å². The number of likely N-dealkylation sites (tertiary alicyclic amines) is 2. The van der Waals surface area contributed by atoms with E-state index in [1.54, 1.807) is 6.20 Å². The first-order valence-corrected chi connectivity index (χ1v) is 9.26. The number of thiazole rings is 1. The molecule has 6 nitrogen and oxygen atoms in total. The summed E-state index contributed by atoms with van der Waals surface area (Å²) in [4.78, 5) is 33.2. The molecule has 7 heteroatoms. The Bertz CT molecular complexity index is 542. The van der Waals surface area contributed by atoms with Crippen LogP contribution in [0.5, 0.6) is 0 Å². The first kappa shape index (κ1) is 16.4. The number of hydrogen-bond acceptors (Lipinski definition) is 5. The summed E-state index contributed by atoms with van der Waals surface area (Å²) in [6, 6.07) is -0.136. The van der Waals surface area contributed by atoms with Crippen LogP contribution in [-0.2, 0) is 9.59 Å². The molecule has 2 amide bonds. The standard InChI is InChI=1S/C16H24N4O2S/c1-12(15(22)19-7-2-3-8-19)20-9-4-5-13(11-20)14(21)18-16-17-6-10-23-16/h6,10,12-13H,2-5,7-9,11H2,1H3,(H,17,18,21)/t12-,13+/m1/s1. The first-order chi connectivity index (χ1) is 11.1. The van der Waals surface area contributed by atoms with Crippen LogP contribution in [0.15, 0.2) is 11.6 Å². The van der Waals surface area contributed by atoms with Gasteiger partial charge in [0.2, 0.25) is 11.8 Å². The molecule has 1 aromatic rings. The highest BCUT2D eigenvalue weighted by molar-refractivity contribution is 7.13. The van der Waals surface area contributed by atoms with Crippen molar-refractivity contribution in [2.24, 2.45) is 5.92 Å². The summed E-state index contributed by atoms with van der Waals surface area (Å²) in [5.41, 5.74) is 0. The van der Waals surface area contributed by atoms with Gasteiger partial charge in [-0.3, -0.25) is 14.5 Å². The van der Waals surface area contributed by atoms with Crippen molar-refractivity contribution < 1.29 is 9.59 Å². The second kappa shape index (κ2) is 7.40. The average Bonchev–Trinajstić information content (AvgIpc) is 3.27. The maximum absolute atomic E-state index is 12.6. The highest BCUT2D eigenvalue weighted by Crippen LogP contribution is 2.22. The van der Waals surface area contributed by atoms with Crippen molar-refractivity contribution in [3.63, 3.8) is 0 Å². The number of hydrogen-bond donors (Lipinski definition) is 1. The minimum Gasteiger partial charge on any atom is -0.341 e. The van der Waals surface area contributed by atoms with E-state index in [1.165, 1.54) is 11.3 Å². The van der Waals surface area contributed by atoms with Gasteiger partial charge in [-0.25, -0.2) is 4.98 Å². The highest BCUT2D eigenvalue weighted by Gasteiger charge is 2.33. The van der Waals surface area contributed by atoms with E-state index in [2.05, 4.69) is 15.2 Å². The van der Waals surface area contributed by atoms with Crippen LogP contribution in [0.1, 0.15) is 32.6 Å². The number of nitrogens with zero attached hydrogens (tertiary/aromatic N) is 3. The Morgan fingerprint density at radius 2 is 2.09 bits per heavy atom. The van der Waals surface area contributed by atoms with Crippen LogP contribution < -0.4 is 5.32 Å². The van der Waals surface area contributed by atoms with Gasteiger partial charge in [0.1, 0.15) is 0 Å². The van der Waals surface area contributed by atoms with Crippen LogP contribution in [0, 0.1) is 5.92 Å². The molecule has 2 saturated heterocycles. The summed E-state index contributed by atoms with van der Waals surface area (Å²) in [5.74, 6) is 0.162. The van der Waals surface area contributed by atoms with E-state index < -0.39 is 0 Å². The van der Waals surface area contributed by atoms with Crippen LogP contribution in [0.25, 0.3) is 0 Å².